The van der Waals surface area contributed by atoms with E-state index in [4.69, 9.17) is 9.15 Å². The van der Waals surface area contributed by atoms with Crippen LogP contribution in [0.25, 0.3) is 11.0 Å². The number of fused-ring (bicyclic) bond motifs is 1. The lowest BCUT2D eigenvalue weighted by atomic mass is 9.96. The van der Waals surface area contributed by atoms with E-state index in [9.17, 15) is 9.59 Å². The Morgan fingerprint density at radius 2 is 1.89 bits per heavy atom. The zero-order chi connectivity index (χ0) is 20.1. The van der Waals surface area contributed by atoms with E-state index < -0.39 is 11.7 Å². The maximum absolute atomic E-state index is 12.5. The van der Waals surface area contributed by atoms with Crippen molar-refractivity contribution in [1.82, 2.24) is 5.32 Å². The molecule has 0 aliphatic heterocycles. The largest absolute Gasteiger partial charge is 0.481 e. The van der Waals surface area contributed by atoms with Crippen molar-refractivity contribution in [3.05, 3.63) is 76.1 Å². The van der Waals surface area contributed by atoms with Crippen molar-refractivity contribution in [3.8, 4) is 5.75 Å². The molecule has 28 heavy (non-hydrogen) atoms. The van der Waals surface area contributed by atoms with E-state index in [0.29, 0.717) is 17.9 Å². The molecule has 146 valence electrons. The summed E-state index contributed by atoms with van der Waals surface area (Å²) in [4.78, 5) is 24.0. The summed E-state index contributed by atoms with van der Waals surface area (Å²) in [6.45, 7) is 6.22. The van der Waals surface area contributed by atoms with Gasteiger partial charge in [0.1, 0.15) is 11.3 Å². The molecule has 2 unspecified atom stereocenters. The van der Waals surface area contributed by atoms with Crippen LogP contribution in [-0.2, 0) is 4.79 Å². The number of carbonyl (C=O) groups is 1. The van der Waals surface area contributed by atoms with E-state index in [1.807, 2.05) is 31.2 Å². The summed E-state index contributed by atoms with van der Waals surface area (Å²) in [5.74, 6) is 0.564. The first kappa shape index (κ1) is 19.7. The molecule has 3 aromatic rings. The molecular formula is C23H25NO4. The highest BCUT2D eigenvalue weighted by atomic mass is 16.5. The van der Waals surface area contributed by atoms with Gasteiger partial charge in [-0.3, -0.25) is 4.79 Å². The van der Waals surface area contributed by atoms with Crippen LogP contribution in [0.15, 0.2) is 63.8 Å². The monoisotopic (exact) mass is 379 g/mol. The molecule has 2 aromatic carbocycles. The zero-order valence-corrected chi connectivity index (χ0v) is 16.4. The van der Waals surface area contributed by atoms with E-state index in [0.717, 1.165) is 17.4 Å². The van der Waals surface area contributed by atoms with Crippen LogP contribution in [0.5, 0.6) is 5.75 Å². The topological polar surface area (TPSA) is 68.5 Å². The SMILES string of the molecule is CCC(CNC(=O)C(C)Oc1ccc2c(C)cc(=O)oc2c1)c1ccccc1. The number of ether oxygens (including phenoxy) is 1. The van der Waals surface area contributed by atoms with Crippen LogP contribution in [0.2, 0.25) is 0 Å². The number of hydrogen-bond acceptors (Lipinski definition) is 4. The molecule has 0 bridgehead atoms. The number of nitrogens with one attached hydrogen (secondary N) is 1. The fraction of sp³-hybridized carbons (Fsp3) is 0.304. The van der Waals surface area contributed by atoms with E-state index in [1.54, 1.807) is 19.1 Å². The van der Waals surface area contributed by atoms with E-state index in [1.165, 1.54) is 11.6 Å². The van der Waals surface area contributed by atoms with Crippen LogP contribution >= 0.6 is 0 Å². The Balaban J connectivity index is 1.64. The van der Waals surface area contributed by atoms with Crippen molar-refractivity contribution in [2.24, 2.45) is 0 Å². The Kier molecular flexibility index (Phi) is 6.14. The molecule has 0 spiro atoms. The first-order chi connectivity index (χ1) is 13.5. The van der Waals surface area contributed by atoms with Crippen molar-refractivity contribution >= 4 is 16.9 Å². The Labute approximate surface area is 164 Å². The van der Waals surface area contributed by atoms with Gasteiger partial charge >= 0.3 is 5.63 Å². The molecule has 1 N–H and O–H groups in total. The highest BCUT2D eigenvalue weighted by Crippen LogP contribution is 2.23. The minimum absolute atomic E-state index is 0.180. The van der Waals surface area contributed by atoms with Crippen LogP contribution in [0.1, 0.15) is 37.3 Å². The third-order valence-electron chi connectivity index (χ3n) is 4.89. The van der Waals surface area contributed by atoms with Crippen molar-refractivity contribution < 1.29 is 13.9 Å². The molecule has 0 aliphatic rings. The van der Waals surface area contributed by atoms with E-state index in [-0.39, 0.29) is 11.8 Å². The predicted octanol–water partition coefficient (Wildman–Crippen LogP) is 4.18. The number of hydrogen-bond donors (Lipinski definition) is 1. The van der Waals surface area contributed by atoms with Crippen molar-refractivity contribution in [2.45, 2.75) is 39.2 Å². The molecular weight excluding hydrogens is 354 g/mol. The average Bonchev–Trinajstić information content (AvgIpc) is 2.68. The van der Waals surface area contributed by atoms with Crippen molar-refractivity contribution in [2.75, 3.05) is 6.54 Å². The molecule has 0 radical (unpaired) electrons. The number of aryl methyl sites for hydroxylation is 1. The van der Waals surface area contributed by atoms with Gasteiger partial charge in [0, 0.05) is 30.0 Å². The minimum Gasteiger partial charge on any atom is -0.481 e. The Hall–Kier alpha value is -3.08. The molecule has 5 heteroatoms. The fourth-order valence-electron chi connectivity index (χ4n) is 3.23. The summed E-state index contributed by atoms with van der Waals surface area (Å²) < 4.78 is 11.0. The maximum Gasteiger partial charge on any atom is 0.336 e. The molecule has 0 saturated heterocycles. The van der Waals surface area contributed by atoms with Gasteiger partial charge in [-0.2, -0.15) is 0 Å². The maximum atomic E-state index is 12.5. The highest BCUT2D eigenvalue weighted by molar-refractivity contribution is 5.82. The first-order valence-electron chi connectivity index (χ1n) is 9.51. The van der Waals surface area contributed by atoms with Gasteiger partial charge < -0.3 is 14.5 Å². The highest BCUT2D eigenvalue weighted by Gasteiger charge is 2.17. The van der Waals surface area contributed by atoms with Gasteiger partial charge in [0.05, 0.1) is 0 Å². The number of amides is 1. The summed E-state index contributed by atoms with van der Waals surface area (Å²) in [6, 6.07) is 16.8. The smallest absolute Gasteiger partial charge is 0.336 e. The van der Waals surface area contributed by atoms with Gasteiger partial charge in [0.15, 0.2) is 6.10 Å². The summed E-state index contributed by atoms with van der Waals surface area (Å²) in [6.07, 6.45) is 0.269. The second-order valence-electron chi connectivity index (χ2n) is 6.93. The van der Waals surface area contributed by atoms with Crippen LogP contribution in [0.3, 0.4) is 0 Å². The molecule has 1 amide bonds. The fourth-order valence-corrected chi connectivity index (χ4v) is 3.23. The molecule has 3 rings (SSSR count). The van der Waals surface area contributed by atoms with E-state index >= 15 is 0 Å². The quantitative estimate of drug-likeness (QED) is 0.625. The van der Waals surface area contributed by atoms with Gasteiger partial charge in [-0.05, 0) is 43.5 Å². The Morgan fingerprint density at radius 3 is 2.61 bits per heavy atom. The average molecular weight is 379 g/mol. The van der Waals surface area contributed by atoms with Gasteiger partial charge in [-0.25, -0.2) is 4.79 Å². The first-order valence-corrected chi connectivity index (χ1v) is 9.51. The number of rotatable bonds is 7. The standard InChI is InChI=1S/C23H25NO4/c1-4-17(18-8-6-5-7-9-18)14-24-23(26)16(3)27-19-10-11-20-15(2)12-22(25)28-21(20)13-19/h5-13,16-17H,4,14H2,1-3H3,(H,24,26). The second kappa shape index (κ2) is 8.74. The van der Waals surface area contributed by atoms with E-state index in [2.05, 4.69) is 24.4 Å². The molecule has 1 heterocycles. The number of benzene rings is 2. The van der Waals surface area contributed by atoms with Crippen LogP contribution < -0.4 is 15.7 Å². The van der Waals surface area contributed by atoms with Crippen molar-refractivity contribution in [1.29, 1.82) is 0 Å². The molecule has 0 saturated carbocycles. The normalized spacial score (nSPS) is 13.1. The van der Waals surface area contributed by atoms with Crippen LogP contribution in [0, 0.1) is 6.92 Å². The lowest BCUT2D eigenvalue weighted by molar-refractivity contribution is -0.127. The lowest BCUT2D eigenvalue weighted by Gasteiger charge is -2.19. The summed E-state index contributed by atoms with van der Waals surface area (Å²) in [7, 11) is 0. The third-order valence-corrected chi connectivity index (χ3v) is 4.89. The zero-order valence-electron chi connectivity index (χ0n) is 16.4. The Morgan fingerprint density at radius 1 is 1.14 bits per heavy atom. The van der Waals surface area contributed by atoms with Gasteiger partial charge in [0.2, 0.25) is 0 Å². The van der Waals surface area contributed by atoms with Crippen LogP contribution in [-0.4, -0.2) is 18.6 Å². The molecule has 5 nitrogen and oxygen atoms in total. The third kappa shape index (κ3) is 4.60. The van der Waals surface area contributed by atoms with Gasteiger partial charge in [-0.15, -0.1) is 0 Å². The molecule has 2 atom stereocenters. The van der Waals surface area contributed by atoms with Gasteiger partial charge in [-0.1, -0.05) is 37.3 Å². The number of carbonyl (C=O) groups excluding carboxylic acids is 1. The van der Waals surface area contributed by atoms with Crippen LogP contribution in [0.4, 0.5) is 0 Å². The second-order valence-corrected chi connectivity index (χ2v) is 6.93. The molecule has 1 aromatic heterocycles. The summed E-state index contributed by atoms with van der Waals surface area (Å²) in [5.41, 5.74) is 2.10. The van der Waals surface area contributed by atoms with Gasteiger partial charge in [0.25, 0.3) is 5.91 Å². The molecule has 0 fully saturated rings. The molecule has 0 aliphatic carbocycles. The van der Waals surface area contributed by atoms with Crippen molar-refractivity contribution in [3.63, 3.8) is 0 Å². The predicted molar refractivity (Wildman–Crippen MR) is 110 cm³/mol. The Bertz CT molecular complexity index is 1010. The summed E-state index contributed by atoms with van der Waals surface area (Å²) >= 11 is 0. The minimum atomic E-state index is -0.665. The summed E-state index contributed by atoms with van der Waals surface area (Å²) in [5, 5.41) is 3.82. The lowest BCUT2D eigenvalue weighted by Crippen LogP contribution is -2.38.